The van der Waals surface area contributed by atoms with Crippen molar-refractivity contribution in [2.75, 3.05) is 0 Å². The SMILES string of the molecule is C#CCCC(C)=CC. The van der Waals surface area contributed by atoms with Gasteiger partial charge in [-0.05, 0) is 20.3 Å². The molecule has 0 fully saturated rings. The number of hydrogen-bond acceptors (Lipinski definition) is 0. The molecule has 0 spiro atoms. The van der Waals surface area contributed by atoms with Gasteiger partial charge >= 0.3 is 0 Å². The molecule has 0 aromatic carbocycles. The Morgan fingerprint density at radius 3 is 2.75 bits per heavy atom. The van der Waals surface area contributed by atoms with Gasteiger partial charge in [0.25, 0.3) is 0 Å². The van der Waals surface area contributed by atoms with E-state index in [9.17, 15) is 0 Å². The molecule has 0 rings (SSSR count). The molecule has 0 bridgehead atoms. The zero-order valence-corrected chi connectivity index (χ0v) is 5.57. The second-order valence-electron chi connectivity index (χ2n) is 1.84. The molecule has 0 aliphatic rings. The highest BCUT2D eigenvalue weighted by Gasteiger charge is 1.82. The molecular weight excluding hydrogens is 96.1 g/mol. The Bertz CT molecular complexity index is 112. The molecule has 0 N–H and O–H groups in total. The highest BCUT2D eigenvalue weighted by Crippen LogP contribution is 2.00. The van der Waals surface area contributed by atoms with Crippen molar-refractivity contribution >= 4 is 0 Å². The van der Waals surface area contributed by atoms with Crippen molar-refractivity contribution in [1.82, 2.24) is 0 Å². The van der Waals surface area contributed by atoms with E-state index in [1.807, 2.05) is 6.92 Å². The summed E-state index contributed by atoms with van der Waals surface area (Å²) in [7, 11) is 0. The van der Waals surface area contributed by atoms with Crippen LogP contribution in [0.5, 0.6) is 0 Å². The van der Waals surface area contributed by atoms with Crippen LogP contribution in [0.25, 0.3) is 0 Å². The van der Waals surface area contributed by atoms with E-state index in [1.165, 1.54) is 5.57 Å². The van der Waals surface area contributed by atoms with Gasteiger partial charge < -0.3 is 0 Å². The molecule has 0 aromatic rings. The maximum Gasteiger partial charge on any atom is 0.0123 e. The van der Waals surface area contributed by atoms with Crippen LogP contribution in [0.2, 0.25) is 0 Å². The third-order valence-corrected chi connectivity index (χ3v) is 1.16. The molecule has 0 nitrogen and oxygen atoms in total. The lowest BCUT2D eigenvalue weighted by molar-refractivity contribution is 0.998. The Hall–Kier alpha value is -0.700. The molecule has 0 atom stereocenters. The van der Waals surface area contributed by atoms with Crippen LogP contribution in [0.3, 0.4) is 0 Å². The fourth-order valence-electron chi connectivity index (χ4n) is 0.414. The molecule has 0 heterocycles. The van der Waals surface area contributed by atoms with E-state index in [2.05, 4.69) is 18.9 Å². The second-order valence-corrected chi connectivity index (χ2v) is 1.84. The highest BCUT2D eigenvalue weighted by atomic mass is 13.9. The first-order valence-corrected chi connectivity index (χ1v) is 2.86. The molecule has 0 amide bonds. The lowest BCUT2D eigenvalue weighted by atomic mass is 10.2. The second kappa shape index (κ2) is 4.46. The minimum Gasteiger partial charge on any atom is -0.120 e. The standard InChI is InChI=1S/C8H12/c1-4-6-7-8(3)5-2/h1,5H,6-7H2,2-3H3. The van der Waals surface area contributed by atoms with Crippen LogP contribution in [0.1, 0.15) is 26.7 Å². The predicted octanol–water partition coefficient (Wildman–Crippen LogP) is 2.37. The number of hydrogen-bond donors (Lipinski definition) is 0. The van der Waals surface area contributed by atoms with E-state index >= 15 is 0 Å². The largest absolute Gasteiger partial charge is 0.120 e. The molecule has 0 aliphatic carbocycles. The lowest BCUT2D eigenvalue weighted by Crippen LogP contribution is -1.72. The molecule has 8 heavy (non-hydrogen) atoms. The van der Waals surface area contributed by atoms with E-state index < -0.39 is 0 Å². The summed E-state index contributed by atoms with van der Waals surface area (Å²) in [5.74, 6) is 2.59. The molecule has 0 saturated carbocycles. The molecule has 0 heteroatoms. The number of terminal acetylenes is 1. The topological polar surface area (TPSA) is 0 Å². The van der Waals surface area contributed by atoms with E-state index in [0.717, 1.165) is 12.8 Å². The van der Waals surface area contributed by atoms with Gasteiger partial charge in [0.05, 0.1) is 0 Å². The van der Waals surface area contributed by atoms with Crippen LogP contribution >= 0.6 is 0 Å². The van der Waals surface area contributed by atoms with Crippen molar-refractivity contribution in [1.29, 1.82) is 0 Å². The van der Waals surface area contributed by atoms with Crippen molar-refractivity contribution in [3.63, 3.8) is 0 Å². The van der Waals surface area contributed by atoms with Crippen LogP contribution in [-0.2, 0) is 0 Å². The highest BCUT2D eigenvalue weighted by molar-refractivity contribution is 4.99. The first-order chi connectivity index (χ1) is 3.81. The molecule has 0 aliphatic heterocycles. The Balaban J connectivity index is 3.29. The Labute approximate surface area is 51.6 Å². The van der Waals surface area contributed by atoms with Crippen molar-refractivity contribution in [3.8, 4) is 12.3 Å². The third kappa shape index (κ3) is 3.49. The Morgan fingerprint density at radius 1 is 1.75 bits per heavy atom. The summed E-state index contributed by atoms with van der Waals surface area (Å²) in [5.41, 5.74) is 1.38. The first kappa shape index (κ1) is 7.30. The van der Waals surface area contributed by atoms with Gasteiger partial charge in [-0.2, -0.15) is 0 Å². The Morgan fingerprint density at radius 2 is 2.38 bits per heavy atom. The van der Waals surface area contributed by atoms with Gasteiger partial charge in [0.15, 0.2) is 0 Å². The van der Waals surface area contributed by atoms with Gasteiger partial charge in [-0.15, -0.1) is 12.3 Å². The zero-order valence-electron chi connectivity index (χ0n) is 5.57. The van der Waals surface area contributed by atoms with Crippen LogP contribution in [-0.4, -0.2) is 0 Å². The van der Waals surface area contributed by atoms with Gasteiger partial charge in [-0.25, -0.2) is 0 Å². The zero-order chi connectivity index (χ0) is 6.41. The van der Waals surface area contributed by atoms with E-state index in [-0.39, 0.29) is 0 Å². The quantitative estimate of drug-likeness (QED) is 0.376. The van der Waals surface area contributed by atoms with Crippen LogP contribution < -0.4 is 0 Å². The summed E-state index contributed by atoms with van der Waals surface area (Å²) in [4.78, 5) is 0. The van der Waals surface area contributed by atoms with E-state index in [4.69, 9.17) is 6.42 Å². The molecule has 0 saturated heterocycles. The van der Waals surface area contributed by atoms with Crippen molar-refractivity contribution in [2.45, 2.75) is 26.7 Å². The average Bonchev–Trinajstić information content (AvgIpc) is 1.83. The normalized spacial score (nSPS) is 10.9. The third-order valence-electron chi connectivity index (χ3n) is 1.16. The van der Waals surface area contributed by atoms with Gasteiger partial charge in [-0.3, -0.25) is 0 Å². The average molecular weight is 108 g/mol. The van der Waals surface area contributed by atoms with Crippen LogP contribution in [0.15, 0.2) is 11.6 Å². The molecule has 44 valence electrons. The summed E-state index contributed by atoms with van der Waals surface area (Å²) in [6.45, 7) is 4.13. The number of rotatable bonds is 2. The number of allylic oxidation sites excluding steroid dienone is 2. The molecule has 0 aromatic heterocycles. The summed E-state index contributed by atoms with van der Waals surface area (Å²) >= 11 is 0. The summed E-state index contributed by atoms with van der Waals surface area (Å²) in [5, 5.41) is 0. The van der Waals surface area contributed by atoms with E-state index in [1.54, 1.807) is 0 Å². The van der Waals surface area contributed by atoms with Gasteiger partial charge in [0.2, 0.25) is 0 Å². The van der Waals surface area contributed by atoms with Gasteiger partial charge in [0.1, 0.15) is 0 Å². The van der Waals surface area contributed by atoms with E-state index in [0.29, 0.717) is 0 Å². The van der Waals surface area contributed by atoms with Gasteiger partial charge in [0, 0.05) is 6.42 Å². The maximum atomic E-state index is 5.05. The van der Waals surface area contributed by atoms with Crippen molar-refractivity contribution in [3.05, 3.63) is 11.6 Å². The maximum absolute atomic E-state index is 5.05. The lowest BCUT2D eigenvalue weighted by Gasteiger charge is -1.90. The monoisotopic (exact) mass is 108 g/mol. The van der Waals surface area contributed by atoms with Crippen molar-refractivity contribution in [2.24, 2.45) is 0 Å². The molecule has 0 radical (unpaired) electrons. The van der Waals surface area contributed by atoms with Gasteiger partial charge in [-0.1, -0.05) is 11.6 Å². The fourth-order valence-corrected chi connectivity index (χ4v) is 0.414. The predicted molar refractivity (Wildman–Crippen MR) is 37.5 cm³/mol. The molecular formula is C8H12. The van der Waals surface area contributed by atoms with Crippen molar-refractivity contribution < 1.29 is 0 Å². The summed E-state index contributed by atoms with van der Waals surface area (Å²) in [6, 6.07) is 0. The fraction of sp³-hybridized carbons (Fsp3) is 0.500. The molecule has 0 unspecified atom stereocenters. The summed E-state index contributed by atoms with van der Waals surface area (Å²) in [6.07, 6.45) is 9.07. The first-order valence-electron chi connectivity index (χ1n) is 2.86. The summed E-state index contributed by atoms with van der Waals surface area (Å²) < 4.78 is 0. The minimum absolute atomic E-state index is 0.871. The smallest absolute Gasteiger partial charge is 0.0123 e. The van der Waals surface area contributed by atoms with Crippen LogP contribution in [0, 0.1) is 12.3 Å². The Kier molecular flexibility index (Phi) is 4.07. The van der Waals surface area contributed by atoms with Crippen LogP contribution in [0.4, 0.5) is 0 Å². The minimum atomic E-state index is 0.871.